The maximum Gasteiger partial charge on any atom is 0.401 e. The van der Waals surface area contributed by atoms with Crippen LogP contribution in [0.15, 0.2) is 35.2 Å². The third-order valence-electron chi connectivity index (χ3n) is 5.87. The van der Waals surface area contributed by atoms with E-state index in [-0.39, 0.29) is 75.4 Å². The van der Waals surface area contributed by atoms with Crippen LogP contribution in [-0.2, 0) is 19.6 Å². The number of carbonyl (C=O) groups is 2. The average molecular weight is 491 g/mol. The Morgan fingerprint density at radius 3 is 1.91 bits per heavy atom. The van der Waals surface area contributed by atoms with Crippen molar-refractivity contribution in [3.63, 3.8) is 0 Å². The normalized spacial score (nSPS) is 19.4. The fourth-order valence-electron chi connectivity index (χ4n) is 4.08. The van der Waals surface area contributed by atoms with E-state index in [0.717, 1.165) is 0 Å². The molecule has 1 aromatic carbocycles. The molecule has 0 aliphatic carbocycles. The van der Waals surface area contributed by atoms with Crippen LogP contribution in [-0.4, -0.2) is 104 Å². The van der Waals surface area contributed by atoms with Crippen LogP contribution < -0.4 is 0 Å². The van der Waals surface area contributed by atoms with Gasteiger partial charge in [0.15, 0.2) is 0 Å². The van der Waals surface area contributed by atoms with Gasteiger partial charge in [-0.2, -0.15) is 17.5 Å². The van der Waals surface area contributed by atoms with Crippen molar-refractivity contribution in [2.24, 2.45) is 0 Å². The van der Waals surface area contributed by atoms with Gasteiger partial charge in [0.2, 0.25) is 21.8 Å². The summed E-state index contributed by atoms with van der Waals surface area (Å²) in [7, 11) is -3.61. The van der Waals surface area contributed by atoms with Gasteiger partial charge in [-0.15, -0.1) is 0 Å². The molecule has 0 radical (unpaired) electrons. The summed E-state index contributed by atoms with van der Waals surface area (Å²) < 4.78 is 64.5. The van der Waals surface area contributed by atoms with Crippen LogP contribution in [0, 0.1) is 0 Å². The van der Waals surface area contributed by atoms with E-state index in [1.54, 1.807) is 23.1 Å². The summed E-state index contributed by atoms with van der Waals surface area (Å²) in [6.07, 6.45) is -3.84. The smallest absolute Gasteiger partial charge is 0.341 e. The number of nitrogens with zero attached hydrogens (tertiary/aromatic N) is 4. The molecule has 3 rings (SSSR count). The van der Waals surface area contributed by atoms with E-state index in [0.29, 0.717) is 13.0 Å². The van der Waals surface area contributed by atoms with Gasteiger partial charge in [-0.3, -0.25) is 14.5 Å². The third-order valence-corrected chi connectivity index (χ3v) is 7.78. The first-order valence-electron chi connectivity index (χ1n) is 11.0. The number of sulfonamides is 1. The monoisotopic (exact) mass is 490 g/mol. The molecule has 0 spiro atoms. The summed E-state index contributed by atoms with van der Waals surface area (Å²) in [4.78, 5) is 29.6. The number of piperazine rings is 1. The minimum absolute atomic E-state index is 0.00691. The van der Waals surface area contributed by atoms with Crippen LogP contribution in [0.1, 0.15) is 19.3 Å². The second-order valence-corrected chi connectivity index (χ2v) is 10.2. The van der Waals surface area contributed by atoms with E-state index in [2.05, 4.69) is 0 Å². The summed E-state index contributed by atoms with van der Waals surface area (Å²) in [5.74, 6) is -0.476. The Balaban J connectivity index is 1.43. The minimum Gasteiger partial charge on any atom is -0.341 e. The fraction of sp³-hybridized carbons (Fsp3) is 0.619. The zero-order valence-electron chi connectivity index (χ0n) is 18.3. The van der Waals surface area contributed by atoms with Gasteiger partial charge in [0.25, 0.3) is 0 Å². The van der Waals surface area contributed by atoms with Crippen molar-refractivity contribution < 1.29 is 31.2 Å². The van der Waals surface area contributed by atoms with E-state index >= 15 is 0 Å². The highest BCUT2D eigenvalue weighted by atomic mass is 32.2. The molecule has 8 nitrogen and oxygen atoms in total. The molecule has 12 heteroatoms. The Hall–Kier alpha value is -2.18. The lowest BCUT2D eigenvalue weighted by Gasteiger charge is -2.34. The number of carbonyl (C=O) groups excluding carboxylic acids is 2. The molecule has 0 atom stereocenters. The lowest BCUT2D eigenvalue weighted by Crippen LogP contribution is -2.50. The molecule has 0 saturated carbocycles. The molecule has 2 aliphatic rings. The highest BCUT2D eigenvalue weighted by Gasteiger charge is 2.32. The Bertz CT molecular complexity index is 919. The quantitative estimate of drug-likeness (QED) is 0.602. The predicted octanol–water partition coefficient (Wildman–Crippen LogP) is 1.40. The lowest BCUT2D eigenvalue weighted by atomic mass is 10.2. The molecule has 0 aromatic heterocycles. The van der Waals surface area contributed by atoms with Crippen molar-refractivity contribution >= 4 is 21.8 Å². The number of rotatable bonds is 6. The number of halogens is 3. The SMILES string of the molecule is O=C(CCC(=O)N1CCN(S(=O)(=O)c2ccccc2)CC1)N1CCCN(CC(F)(F)F)CC1. The predicted molar refractivity (Wildman–Crippen MR) is 115 cm³/mol. The Morgan fingerprint density at radius 1 is 0.788 bits per heavy atom. The topological polar surface area (TPSA) is 81.2 Å². The zero-order chi connectivity index (χ0) is 24.1. The van der Waals surface area contributed by atoms with Crippen molar-refractivity contribution in [3.05, 3.63) is 30.3 Å². The molecule has 1 aromatic rings. The van der Waals surface area contributed by atoms with Gasteiger partial charge in [-0.25, -0.2) is 8.42 Å². The standard InChI is InChI=1S/C21H29F3N4O4S/c22-21(23,24)17-25-9-4-10-26(12-11-25)19(29)7-8-20(30)27-13-15-28(16-14-27)33(31,32)18-5-2-1-3-6-18/h1-3,5-6H,4,7-17H2. The molecule has 2 heterocycles. The molecular formula is C21H29F3N4O4S. The molecule has 0 unspecified atom stereocenters. The van der Waals surface area contributed by atoms with Crippen LogP contribution in [0.5, 0.6) is 0 Å². The first-order chi connectivity index (χ1) is 15.6. The molecule has 184 valence electrons. The Kier molecular flexibility index (Phi) is 8.35. The Morgan fingerprint density at radius 2 is 1.33 bits per heavy atom. The molecule has 2 amide bonds. The summed E-state index contributed by atoms with van der Waals surface area (Å²) in [6.45, 7) is 0.867. The van der Waals surface area contributed by atoms with Crippen LogP contribution in [0.3, 0.4) is 0 Å². The maximum absolute atomic E-state index is 12.7. The van der Waals surface area contributed by atoms with Gasteiger partial charge in [0.05, 0.1) is 11.4 Å². The average Bonchev–Trinajstić information content (AvgIpc) is 3.02. The maximum atomic E-state index is 12.7. The lowest BCUT2D eigenvalue weighted by molar-refractivity contribution is -0.145. The summed E-state index contributed by atoms with van der Waals surface area (Å²) >= 11 is 0. The summed E-state index contributed by atoms with van der Waals surface area (Å²) in [5.41, 5.74) is 0. The third kappa shape index (κ3) is 7.15. The van der Waals surface area contributed by atoms with Gasteiger partial charge < -0.3 is 9.80 Å². The molecule has 0 N–H and O–H groups in total. The van der Waals surface area contributed by atoms with Crippen molar-refractivity contribution in [1.29, 1.82) is 0 Å². The summed E-state index contributed by atoms with van der Waals surface area (Å²) in [5, 5.41) is 0. The van der Waals surface area contributed by atoms with Crippen molar-refractivity contribution in [1.82, 2.24) is 19.0 Å². The van der Waals surface area contributed by atoms with E-state index in [1.165, 1.54) is 26.2 Å². The molecule has 33 heavy (non-hydrogen) atoms. The van der Waals surface area contributed by atoms with E-state index in [4.69, 9.17) is 0 Å². The molecular weight excluding hydrogens is 461 g/mol. The van der Waals surface area contributed by atoms with E-state index < -0.39 is 22.7 Å². The second kappa shape index (κ2) is 10.8. The van der Waals surface area contributed by atoms with Gasteiger partial charge >= 0.3 is 6.18 Å². The van der Waals surface area contributed by atoms with Gasteiger partial charge in [0, 0.05) is 65.2 Å². The van der Waals surface area contributed by atoms with Crippen LogP contribution in [0.4, 0.5) is 13.2 Å². The van der Waals surface area contributed by atoms with Crippen LogP contribution in [0.2, 0.25) is 0 Å². The highest BCUT2D eigenvalue weighted by Crippen LogP contribution is 2.19. The number of amides is 2. The fourth-order valence-corrected chi connectivity index (χ4v) is 5.52. The van der Waals surface area contributed by atoms with Gasteiger partial charge in [-0.1, -0.05) is 18.2 Å². The van der Waals surface area contributed by atoms with Gasteiger partial charge in [-0.05, 0) is 18.6 Å². The number of benzene rings is 1. The first kappa shape index (κ1) is 25.4. The first-order valence-corrected chi connectivity index (χ1v) is 12.4. The number of hydrogen-bond acceptors (Lipinski definition) is 5. The van der Waals surface area contributed by atoms with Crippen molar-refractivity contribution in [3.8, 4) is 0 Å². The zero-order valence-corrected chi connectivity index (χ0v) is 19.2. The highest BCUT2D eigenvalue weighted by molar-refractivity contribution is 7.89. The van der Waals surface area contributed by atoms with Crippen LogP contribution >= 0.6 is 0 Å². The second-order valence-electron chi connectivity index (χ2n) is 8.22. The van der Waals surface area contributed by atoms with Crippen molar-refractivity contribution in [2.45, 2.75) is 30.3 Å². The molecule has 0 bridgehead atoms. The molecule has 2 aliphatic heterocycles. The van der Waals surface area contributed by atoms with Crippen molar-refractivity contribution in [2.75, 3.05) is 58.9 Å². The Labute approximate surface area is 192 Å². The van der Waals surface area contributed by atoms with E-state index in [1.807, 2.05) is 0 Å². The minimum atomic E-state index is -4.27. The van der Waals surface area contributed by atoms with Gasteiger partial charge in [0.1, 0.15) is 0 Å². The number of hydrogen-bond donors (Lipinski definition) is 0. The number of alkyl halides is 3. The molecule has 2 fully saturated rings. The molecule has 2 saturated heterocycles. The van der Waals surface area contributed by atoms with E-state index in [9.17, 15) is 31.2 Å². The van der Waals surface area contributed by atoms with Crippen LogP contribution in [0.25, 0.3) is 0 Å². The largest absolute Gasteiger partial charge is 0.401 e. The summed E-state index contributed by atoms with van der Waals surface area (Å²) in [6, 6.07) is 8.11.